The number of rotatable bonds is 5. The molecule has 0 radical (unpaired) electrons. The van der Waals surface area contributed by atoms with Gasteiger partial charge in [-0.05, 0) is 24.0 Å². The topological polar surface area (TPSA) is 46.2 Å². The highest BCUT2D eigenvalue weighted by Crippen LogP contribution is 2.04. The van der Waals surface area contributed by atoms with Gasteiger partial charge in [-0.15, -0.1) is 0 Å². The second-order valence-electron chi connectivity index (χ2n) is 3.33. The fraction of sp³-hybridized carbons (Fsp3) is 0.333. The Labute approximate surface area is 89.5 Å². The third-order valence-corrected chi connectivity index (χ3v) is 2.25. The zero-order valence-electron chi connectivity index (χ0n) is 8.82. The van der Waals surface area contributed by atoms with Crippen LogP contribution in [0.15, 0.2) is 24.3 Å². The molecule has 0 aromatic heterocycles. The molecule has 1 N–H and O–H groups in total. The molecule has 1 aromatic rings. The Morgan fingerprint density at radius 1 is 1.27 bits per heavy atom. The molecule has 3 heteroatoms. The van der Waals surface area contributed by atoms with E-state index in [1.165, 1.54) is 11.1 Å². The van der Waals surface area contributed by atoms with Crippen LogP contribution in [0, 0.1) is 0 Å². The minimum Gasteiger partial charge on any atom is -0.349 e. The highest BCUT2D eigenvalue weighted by atomic mass is 16.2. The van der Waals surface area contributed by atoms with Crippen molar-refractivity contribution in [3.63, 3.8) is 0 Å². The molecule has 0 atom stereocenters. The predicted molar refractivity (Wildman–Crippen MR) is 58.6 cm³/mol. The molecule has 1 amide bonds. The van der Waals surface area contributed by atoms with Crippen molar-refractivity contribution in [1.82, 2.24) is 5.32 Å². The zero-order chi connectivity index (χ0) is 11.1. The van der Waals surface area contributed by atoms with E-state index in [4.69, 9.17) is 0 Å². The minimum absolute atomic E-state index is 0.292. The number of amides is 1. The normalized spacial score (nSPS) is 9.67. The van der Waals surface area contributed by atoms with Gasteiger partial charge in [0.2, 0.25) is 6.29 Å². The van der Waals surface area contributed by atoms with Gasteiger partial charge in [-0.3, -0.25) is 9.59 Å². The number of aryl methyl sites for hydroxylation is 1. The molecule has 0 saturated carbocycles. The molecule has 0 aliphatic heterocycles. The number of hydrogen-bond acceptors (Lipinski definition) is 2. The molecule has 0 spiro atoms. The summed E-state index contributed by atoms with van der Waals surface area (Å²) in [6, 6.07) is 8.26. The van der Waals surface area contributed by atoms with Crippen LogP contribution in [0.5, 0.6) is 0 Å². The number of carbonyl (C=O) groups excluding carboxylic acids is 2. The van der Waals surface area contributed by atoms with Crippen molar-refractivity contribution in [2.24, 2.45) is 0 Å². The molecular formula is C12H15NO2. The summed E-state index contributed by atoms with van der Waals surface area (Å²) in [6.07, 6.45) is 2.08. The SMILES string of the molecule is CCc1ccc(CCNC(=O)C=O)cc1. The van der Waals surface area contributed by atoms with Gasteiger partial charge in [0.05, 0.1) is 0 Å². The summed E-state index contributed by atoms with van der Waals surface area (Å²) in [5.41, 5.74) is 2.47. The second-order valence-corrected chi connectivity index (χ2v) is 3.33. The smallest absolute Gasteiger partial charge is 0.284 e. The number of aldehydes is 1. The van der Waals surface area contributed by atoms with Crippen LogP contribution in [0.2, 0.25) is 0 Å². The highest BCUT2D eigenvalue weighted by Gasteiger charge is 1.97. The van der Waals surface area contributed by atoms with Crippen LogP contribution in [0.4, 0.5) is 0 Å². The summed E-state index contributed by atoms with van der Waals surface area (Å²) in [4.78, 5) is 20.6. The van der Waals surface area contributed by atoms with Crippen LogP contribution in [-0.2, 0) is 22.4 Å². The maximum absolute atomic E-state index is 10.6. The Balaban J connectivity index is 2.37. The average molecular weight is 205 g/mol. The monoisotopic (exact) mass is 205 g/mol. The Kier molecular flexibility index (Phi) is 4.54. The van der Waals surface area contributed by atoms with Crippen LogP contribution in [0.1, 0.15) is 18.1 Å². The van der Waals surface area contributed by atoms with Gasteiger partial charge in [0.25, 0.3) is 5.91 Å². The van der Waals surface area contributed by atoms with Crippen molar-refractivity contribution in [2.75, 3.05) is 6.54 Å². The number of benzene rings is 1. The number of nitrogens with one attached hydrogen (secondary N) is 1. The minimum atomic E-state index is -0.555. The van der Waals surface area contributed by atoms with Crippen molar-refractivity contribution < 1.29 is 9.59 Å². The van der Waals surface area contributed by atoms with Gasteiger partial charge < -0.3 is 5.32 Å². The summed E-state index contributed by atoms with van der Waals surface area (Å²) in [5.74, 6) is -0.555. The van der Waals surface area contributed by atoms with Crippen molar-refractivity contribution in [3.05, 3.63) is 35.4 Å². The summed E-state index contributed by atoms with van der Waals surface area (Å²) < 4.78 is 0. The number of hydrogen-bond donors (Lipinski definition) is 1. The van der Waals surface area contributed by atoms with E-state index in [1.807, 2.05) is 12.1 Å². The van der Waals surface area contributed by atoms with Crippen molar-refractivity contribution in [3.8, 4) is 0 Å². The van der Waals surface area contributed by atoms with Gasteiger partial charge in [-0.2, -0.15) is 0 Å². The van der Waals surface area contributed by atoms with Gasteiger partial charge in [-0.1, -0.05) is 31.2 Å². The molecule has 1 aromatic carbocycles. The van der Waals surface area contributed by atoms with Gasteiger partial charge in [-0.25, -0.2) is 0 Å². The molecule has 0 aliphatic rings. The van der Waals surface area contributed by atoms with E-state index < -0.39 is 5.91 Å². The lowest BCUT2D eigenvalue weighted by Crippen LogP contribution is -2.26. The summed E-state index contributed by atoms with van der Waals surface area (Å²) >= 11 is 0. The van der Waals surface area contributed by atoms with Crippen LogP contribution < -0.4 is 5.32 Å². The summed E-state index contributed by atoms with van der Waals surface area (Å²) in [7, 11) is 0. The van der Waals surface area contributed by atoms with Crippen molar-refractivity contribution in [1.29, 1.82) is 0 Å². The third kappa shape index (κ3) is 3.94. The van der Waals surface area contributed by atoms with Crippen LogP contribution in [0.3, 0.4) is 0 Å². The molecule has 0 heterocycles. The van der Waals surface area contributed by atoms with E-state index in [0.29, 0.717) is 12.8 Å². The predicted octanol–water partition coefficient (Wildman–Crippen LogP) is 1.11. The summed E-state index contributed by atoms with van der Waals surface area (Å²) in [5, 5.41) is 2.50. The Hall–Kier alpha value is -1.64. The van der Waals surface area contributed by atoms with E-state index >= 15 is 0 Å². The Morgan fingerprint density at radius 3 is 2.40 bits per heavy atom. The molecule has 80 valence electrons. The first kappa shape index (κ1) is 11.4. The molecule has 15 heavy (non-hydrogen) atoms. The fourth-order valence-corrected chi connectivity index (χ4v) is 1.31. The lowest BCUT2D eigenvalue weighted by Gasteiger charge is -2.03. The molecule has 0 unspecified atom stereocenters. The largest absolute Gasteiger partial charge is 0.349 e. The quantitative estimate of drug-likeness (QED) is 0.578. The molecule has 1 rings (SSSR count). The maximum atomic E-state index is 10.6. The molecule has 0 bridgehead atoms. The third-order valence-electron chi connectivity index (χ3n) is 2.25. The van der Waals surface area contributed by atoms with Crippen molar-refractivity contribution >= 4 is 12.2 Å². The van der Waals surface area contributed by atoms with Crippen LogP contribution >= 0.6 is 0 Å². The molecule has 0 saturated heterocycles. The van der Waals surface area contributed by atoms with Crippen LogP contribution in [0.25, 0.3) is 0 Å². The molecule has 0 aliphatic carbocycles. The second kappa shape index (κ2) is 5.96. The standard InChI is InChI=1S/C12H15NO2/c1-2-10-3-5-11(6-4-10)7-8-13-12(15)9-14/h3-6,9H,2,7-8H2,1H3,(H,13,15). The average Bonchev–Trinajstić information content (AvgIpc) is 2.29. The van der Waals surface area contributed by atoms with Gasteiger partial charge in [0.15, 0.2) is 0 Å². The van der Waals surface area contributed by atoms with Crippen molar-refractivity contribution in [2.45, 2.75) is 19.8 Å². The molecular weight excluding hydrogens is 190 g/mol. The molecule has 3 nitrogen and oxygen atoms in total. The highest BCUT2D eigenvalue weighted by molar-refractivity contribution is 6.23. The van der Waals surface area contributed by atoms with Gasteiger partial charge >= 0.3 is 0 Å². The lowest BCUT2D eigenvalue weighted by molar-refractivity contribution is -0.131. The van der Waals surface area contributed by atoms with E-state index in [2.05, 4.69) is 24.4 Å². The lowest BCUT2D eigenvalue weighted by atomic mass is 10.1. The Bertz CT molecular complexity index is 330. The zero-order valence-corrected chi connectivity index (χ0v) is 8.82. The van der Waals surface area contributed by atoms with E-state index in [0.717, 1.165) is 12.8 Å². The maximum Gasteiger partial charge on any atom is 0.284 e. The first-order valence-corrected chi connectivity index (χ1v) is 5.07. The number of carbonyl (C=O) groups is 2. The van der Waals surface area contributed by atoms with Gasteiger partial charge in [0.1, 0.15) is 0 Å². The van der Waals surface area contributed by atoms with Gasteiger partial charge in [0, 0.05) is 6.54 Å². The van der Waals surface area contributed by atoms with E-state index in [1.54, 1.807) is 0 Å². The van der Waals surface area contributed by atoms with E-state index in [-0.39, 0.29) is 0 Å². The first-order valence-electron chi connectivity index (χ1n) is 5.07. The molecule has 0 fully saturated rings. The Morgan fingerprint density at radius 2 is 1.87 bits per heavy atom. The fourth-order valence-electron chi connectivity index (χ4n) is 1.31. The van der Waals surface area contributed by atoms with Crippen LogP contribution in [-0.4, -0.2) is 18.7 Å². The summed E-state index contributed by atoms with van der Waals surface area (Å²) in [6.45, 7) is 2.61. The van der Waals surface area contributed by atoms with E-state index in [9.17, 15) is 9.59 Å². The first-order chi connectivity index (χ1) is 7.26.